The summed E-state index contributed by atoms with van der Waals surface area (Å²) in [6.07, 6.45) is 8.32. The highest BCUT2D eigenvalue weighted by atomic mass is 16.5. The van der Waals surface area contributed by atoms with Crippen molar-refractivity contribution in [3.05, 3.63) is 228 Å². The molecule has 0 aliphatic heterocycles. The van der Waals surface area contributed by atoms with Crippen LogP contribution in [0.3, 0.4) is 0 Å². The van der Waals surface area contributed by atoms with Gasteiger partial charge in [0.05, 0.1) is 11.1 Å². The molecule has 0 fully saturated rings. The molecule has 66 heavy (non-hydrogen) atoms. The molecule has 8 heteroatoms. The minimum absolute atomic E-state index is 0.291. The van der Waals surface area contributed by atoms with E-state index in [0.717, 1.165) is 54.9 Å². The first-order valence-electron chi connectivity index (χ1n) is 21.2. The van der Waals surface area contributed by atoms with Crippen LogP contribution in [0.1, 0.15) is 56.8 Å². The maximum atomic E-state index is 12.9. The van der Waals surface area contributed by atoms with E-state index in [-0.39, 0.29) is 11.8 Å². The molecule has 2 N–H and O–H groups in total. The summed E-state index contributed by atoms with van der Waals surface area (Å²) >= 11 is 0. The van der Waals surface area contributed by atoms with E-state index in [1.54, 1.807) is 86.6 Å². The Kier molecular flexibility index (Phi) is 13.0. The lowest BCUT2D eigenvalue weighted by molar-refractivity contribution is -0.113. The highest BCUT2D eigenvalue weighted by Crippen LogP contribution is 2.41. The van der Waals surface area contributed by atoms with Crippen LogP contribution in [0.4, 0.5) is 11.4 Å². The molecular weight excluding hydrogens is 821 g/mol. The topological polar surface area (TPSA) is 111 Å². The van der Waals surface area contributed by atoms with E-state index in [0.29, 0.717) is 45.1 Å². The summed E-state index contributed by atoms with van der Waals surface area (Å²) in [4.78, 5) is 49.8. The number of fused-ring (bicyclic) bond motifs is 2. The normalized spacial score (nSPS) is 11.1. The number of carbonyl (C=O) groups excluding carboxylic acids is 4. The predicted molar refractivity (Wildman–Crippen MR) is 267 cm³/mol. The Morgan fingerprint density at radius 3 is 1.15 bits per heavy atom. The van der Waals surface area contributed by atoms with Gasteiger partial charge in [0.1, 0.15) is 11.5 Å². The number of carbonyl (C=O) groups is 4. The summed E-state index contributed by atoms with van der Waals surface area (Å²) in [6.45, 7) is 10.5. The molecule has 0 aromatic heterocycles. The lowest BCUT2D eigenvalue weighted by Crippen LogP contribution is -2.12. The fourth-order valence-corrected chi connectivity index (χ4v) is 7.27. The van der Waals surface area contributed by atoms with Crippen LogP contribution in [0.25, 0.3) is 57.0 Å². The van der Waals surface area contributed by atoms with Gasteiger partial charge in [-0.15, -0.1) is 0 Å². The van der Waals surface area contributed by atoms with Gasteiger partial charge in [0, 0.05) is 22.5 Å². The van der Waals surface area contributed by atoms with Gasteiger partial charge in [0.15, 0.2) is 0 Å². The van der Waals surface area contributed by atoms with Crippen LogP contribution in [0.5, 0.6) is 11.5 Å². The zero-order valence-corrected chi connectivity index (χ0v) is 36.3. The average molecular weight is 865 g/mol. The Labute approximate surface area is 382 Å². The largest absolute Gasteiger partial charge is 0.423 e. The fraction of sp³-hybridized carbons (Fsp3) is 0.0345. The Hall–Kier alpha value is -8.88. The lowest BCUT2D eigenvalue weighted by Gasteiger charge is -2.17. The van der Waals surface area contributed by atoms with Gasteiger partial charge in [-0.3, -0.25) is 9.59 Å². The third kappa shape index (κ3) is 10.3. The molecule has 8 aromatic rings. The molecule has 0 saturated heterocycles. The van der Waals surface area contributed by atoms with E-state index in [9.17, 15) is 19.2 Å². The van der Waals surface area contributed by atoms with Crippen LogP contribution in [-0.2, 0) is 9.59 Å². The number of nitrogens with one attached hydrogen (secondary N) is 2. The molecular formula is C58H44N2O6. The Bertz CT molecular complexity index is 3020. The van der Waals surface area contributed by atoms with Crippen molar-refractivity contribution < 1.29 is 28.7 Å². The van der Waals surface area contributed by atoms with Crippen LogP contribution >= 0.6 is 0 Å². The zero-order valence-electron chi connectivity index (χ0n) is 36.3. The molecule has 8 rings (SSSR count). The Morgan fingerprint density at radius 2 is 0.788 bits per heavy atom. The van der Waals surface area contributed by atoms with Gasteiger partial charge in [0.25, 0.3) is 11.8 Å². The molecule has 8 nitrogen and oxygen atoms in total. The summed E-state index contributed by atoms with van der Waals surface area (Å²) in [5.41, 5.74) is 8.64. The molecule has 322 valence electrons. The van der Waals surface area contributed by atoms with Crippen molar-refractivity contribution in [2.75, 3.05) is 10.6 Å². The van der Waals surface area contributed by atoms with Gasteiger partial charge in [-0.25, -0.2) is 9.59 Å². The van der Waals surface area contributed by atoms with E-state index < -0.39 is 11.9 Å². The van der Waals surface area contributed by atoms with Crippen molar-refractivity contribution >= 4 is 81.0 Å². The van der Waals surface area contributed by atoms with Gasteiger partial charge in [0.2, 0.25) is 0 Å². The smallest absolute Gasteiger partial charge is 0.343 e. The average Bonchev–Trinajstić information content (AvgIpc) is 3.33. The van der Waals surface area contributed by atoms with Gasteiger partial charge >= 0.3 is 11.9 Å². The molecule has 0 aliphatic carbocycles. The van der Waals surface area contributed by atoms with E-state index in [2.05, 4.69) is 96.6 Å². The number of ether oxygens (including phenoxy) is 2. The third-order valence-electron chi connectivity index (χ3n) is 10.8. The Morgan fingerprint density at radius 1 is 0.424 bits per heavy atom. The monoisotopic (exact) mass is 864 g/mol. The second-order valence-electron chi connectivity index (χ2n) is 15.7. The molecule has 0 spiro atoms. The summed E-state index contributed by atoms with van der Waals surface area (Å²) in [5, 5.41) is 9.89. The molecule has 0 atom stereocenters. The molecule has 0 radical (unpaired) electrons. The van der Waals surface area contributed by atoms with Crippen molar-refractivity contribution in [3.63, 3.8) is 0 Å². The first-order chi connectivity index (χ1) is 32.0. The van der Waals surface area contributed by atoms with Crippen molar-refractivity contribution in [2.45, 2.75) is 13.8 Å². The molecule has 0 unspecified atom stereocenters. The van der Waals surface area contributed by atoms with E-state index in [1.165, 1.54) is 0 Å². The first kappa shape index (κ1) is 43.8. The highest BCUT2D eigenvalue weighted by Gasteiger charge is 2.16. The summed E-state index contributed by atoms with van der Waals surface area (Å²) in [5.74, 6) is -0.800. The second kappa shape index (κ2) is 19.7. The van der Waals surface area contributed by atoms with Gasteiger partial charge in [-0.05, 0) is 142 Å². The summed E-state index contributed by atoms with van der Waals surface area (Å²) < 4.78 is 11.3. The van der Waals surface area contributed by atoms with Crippen molar-refractivity contribution in [3.8, 4) is 22.6 Å². The maximum Gasteiger partial charge on any atom is 0.343 e. The van der Waals surface area contributed by atoms with Crippen molar-refractivity contribution in [2.24, 2.45) is 0 Å². The number of hydrogen-bond donors (Lipinski definition) is 2. The first-order valence-corrected chi connectivity index (χ1v) is 21.2. The molecule has 0 aliphatic rings. The molecule has 0 heterocycles. The minimum atomic E-state index is -0.512. The van der Waals surface area contributed by atoms with Crippen molar-refractivity contribution in [1.29, 1.82) is 0 Å². The van der Waals surface area contributed by atoms with E-state index in [1.807, 2.05) is 48.6 Å². The standard InChI is InChI=1S/C58H44N2O6/c1-37(2)55(61)59-47-29-25-45(26-30-47)57(63)65-49-33-15-39(16-34-49)13-19-43-23-21-41-9-5-7-11-51(41)53(43)54-44(24-22-42-10-6-8-12-52(42)54)20-14-40-17-35-50(36-18-40)66-58(64)46-27-31-48(32-28-46)60-56(62)38(3)4/h5-36H,1,3H2,2,4H3,(H,59,61)(H,60,62)/b19-13-,20-14-. The van der Waals surface area contributed by atoms with Gasteiger partial charge in [-0.2, -0.15) is 0 Å². The van der Waals surface area contributed by atoms with Gasteiger partial charge in [-0.1, -0.05) is 135 Å². The minimum Gasteiger partial charge on any atom is -0.423 e. The molecule has 0 saturated carbocycles. The van der Waals surface area contributed by atoms with Crippen molar-refractivity contribution in [1.82, 2.24) is 0 Å². The quantitative estimate of drug-likeness (QED) is 0.0517. The zero-order chi connectivity index (χ0) is 46.2. The number of esters is 2. The number of rotatable bonds is 13. The van der Waals surface area contributed by atoms with Crippen LogP contribution < -0.4 is 20.1 Å². The molecule has 2 amide bonds. The second-order valence-corrected chi connectivity index (χ2v) is 15.7. The molecule has 0 bridgehead atoms. The fourth-order valence-electron chi connectivity index (χ4n) is 7.27. The van der Waals surface area contributed by atoms with Crippen LogP contribution in [0, 0.1) is 0 Å². The Balaban J connectivity index is 1.03. The number of anilines is 2. The number of benzene rings is 8. The predicted octanol–water partition coefficient (Wildman–Crippen LogP) is 13.5. The third-order valence-corrected chi connectivity index (χ3v) is 10.8. The van der Waals surface area contributed by atoms with Gasteiger partial charge < -0.3 is 20.1 Å². The molecule has 8 aromatic carbocycles. The highest BCUT2D eigenvalue weighted by molar-refractivity contribution is 6.11. The van der Waals surface area contributed by atoms with Crippen LogP contribution in [0.15, 0.2) is 194 Å². The van der Waals surface area contributed by atoms with E-state index in [4.69, 9.17) is 9.47 Å². The summed E-state index contributed by atoms with van der Waals surface area (Å²) in [6, 6.07) is 53.0. The number of hydrogen-bond acceptors (Lipinski definition) is 6. The lowest BCUT2D eigenvalue weighted by atomic mass is 9.86. The SMILES string of the molecule is C=C(C)C(=O)Nc1ccc(C(=O)Oc2ccc(/C=C\c3ccc4ccccc4c3-c3c(/C=C\c4ccc(OC(=O)c5ccc(NC(=O)C(=C)C)cc5)cc4)ccc4ccccc34)cc2)cc1. The number of amides is 2. The van der Waals surface area contributed by atoms with Crippen LogP contribution in [-0.4, -0.2) is 23.8 Å². The van der Waals surface area contributed by atoms with E-state index >= 15 is 0 Å². The summed E-state index contributed by atoms with van der Waals surface area (Å²) in [7, 11) is 0. The maximum absolute atomic E-state index is 12.9. The van der Waals surface area contributed by atoms with Crippen LogP contribution in [0.2, 0.25) is 0 Å².